The maximum absolute atomic E-state index is 13.1. The molecular weight excluding hydrogens is 506 g/mol. The number of hydrogen-bond acceptors (Lipinski definition) is 4. The van der Waals surface area contributed by atoms with E-state index in [0.29, 0.717) is 28.4 Å². The third-order valence-electron chi connectivity index (χ3n) is 6.74. The van der Waals surface area contributed by atoms with E-state index in [9.17, 15) is 19.5 Å². The lowest BCUT2D eigenvalue weighted by molar-refractivity contribution is -0.144. The molecule has 8 heteroatoms. The average Bonchev–Trinajstić information content (AvgIpc) is 3.25. The van der Waals surface area contributed by atoms with Gasteiger partial charge in [-0.25, -0.2) is 9.59 Å². The lowest BCUT2D eigenvalue weighted by atomic mass is 10.00. The molecule has 0 bridgehead atoms. The Morgan fingerprint density at radius 1 is 0.850 bits per heavy atom. The Bertz CT molecular complexity index is 1550. The predicted octanol–water partition coefficient (Wildman–Crippen LogP) is 6.85. The molecule has 4 aromatic rings. The number of carbonyl (C=O) groups is 3. The topological polar surface area (TPSA) is 108 Å². The molecule has 5 rings (SSSR count). The number of carboxylic acids is 1. The van der Waals surface area contributed by atoms with Crippen LogP contribution in [-0.2, 0) is 11.3 Å². The lowest BCUT2D eigenvalue weighted by Crippen LogP contribution is -2.44. The van der Waals surface area contributed by atoms with Crippen LogP contribution >= 0.6 is 0 Å². The van der Waals surface area contributed by atoms with E-state index in [2.05, 4.69) is 10.6 Å². The fourth-order valence-electron chi connectivity index (χ4n) is 4.81. The first-order valence-electron chi connectivity index (χ1n) is 13.0. The monoisotopic (exact) mass is 535 g/mol. The van der Waals surface area contributed by atoms with Gasteiger partial charge in [0.05, 0.1) is 5.69 Å². The Balaban J connectivity index is 1.26. The first-order chi connectivity index (χ1) is 19.3. The van der Waals surface area contributed by atoms with Gasteiger partial charge in [0, 0.05) is 17.8 Å². The van der Waals surface area contributed by atoms with Gasteiger partial charge in [-0.1, -0.05) is 68.4 Å². The van der Waals surface area contributed by atoms with E-state index < -0.39 is 18.0 Å². The molecule has 0 saturated carbocycles. The maximum atomic E-state index is 13.1. The Labute approximate surface area is 232 Å². The standard InChI is InChI=1S/C32H29N3O5/c1-20(2)29(31(37)38)35-19-23-13-12-22(18-26(23)30(35)36)21-14-16-24(17-15-21)33-32(39)34-27-10-6-7-11-28(27)40-25-8-4-3-5-9-25/h3-18,20,29H,19H2,1-2H3,(H,37,38)(H2,33,34,39)/t29-/m0/s1. The molecule has 0 aliphatic carbocycles. The van der Waals surface area contributed by atoms with E-state index in [1.165, 1.54) is 4.90 Å². The van der Waals surface area contributed by atoms with E-state index in [4.69, 9.17) is 4.74 Å². The van der Waals surface area contributed by atoms with Crippen LogP contribution in [0.15, 0.2) is 97.1 Å². The highest BCUT2D eigenvalue weighted by Gasteiger charge is 2.38. The van der Waals surface area contributed by atoms with Crippen molar-refractivity contribution in [1.29, 1.82) is 0 Å². The molecule has 8 nitrogen and oxygen atoms in total. The summed E-state index contributed by atoms with van der Waals surface area (Å²) in [5.74, 6) is -0.306. The van der Waals surface area contributed by atoms with Crippen molar-refractivity contribution in [2.24, 2.45) is 5.92 Å². The number of carbonyl (C=O) groups excluding carboxylic acids is 2. The van der Waals surface area contributed by atoms with Crippen molar-refractivity contribution in [3.63, 3.8) is 0 Å². The lowest BCUT2D eigenvalue weighted by Gasteiger charge is -2.27. The van der Waals surface area contributed by atoms with Crippen LogP contribution in [-0.4, -0.2) is 34.0 Å². The van der Waals surface area contributed by atoms with Crippen molar-refractivity contribution >= 4 is 29.3 Å². The van der Waals surface area contributed by atoms with Gasteiger partial charge < -0.3 is 25.4 Å². The number of aliphatic carboxylic acids is 1. The molecule has 0 fully saturated rings. The molecular formula is C32H29N3O5. The maximum Gasteiger partial charge on any atom is 0.326 e. The van der Waals surface area contributed by atoms with Gasteiger partial charge in [-0.2, -0.15) is 0 Å². The van der Waals surface area contributed by atoms with Gasteiger partial charge in [-0.3, -0.25) is 4.79 Å². The molecule has 0 unspecified atom stereocenters. The number of nitrogens with zero attached hydrogens (tertiary/aromatic N) is 1. The van der Waals surface area contributed by atoms with Crippen LogP contribution in [0.25, 0.3) is 11.1 Å². The number of rotatable bonds is 8. The number of carboxylic acid groups (broad SMARTS) is 1. The number of ether oxygens (including phenoxy) is 1. The van der Waals surface area contributed by atoms with E-state index in [-0.39, 0.29) is 18.4 Å². The molecule has 1 aliphatic rings. The minimum Gasteiger partial charge on any atom is -0.480 e. The summed E-state index contributed by atoms with van der Waals surface area (Å²) in [6.45, 7) is 3.88. The van der Waals surface area contributed by atoms with Crippen molar-refractivity contribution < 1.29 is 24.2 Å². The minimum absolute atomic E-state index is 0.211. The van der Waals surface area contributed by atoms with Crippen LogP contribution < -0.4 is 15.4 Å². The van der Waals surface area contributed by atoms with Crippen LogP contribution in [0.4, 0.5) is 16.2 Å². The summed E-state index contributed by atoms with van der Waals surface area (Å²) in [6, 6.07) is 28.1. The molecule has 1 heterocycles. The van der Waals surface area contributed by atoms with Gasteiger partial charge in [0.25, 0.3) is 5.91 Å². The molecule has 202 valence electrons. The first kappa shape index (κ1) is 26.5. The Hall–Kier alpha value is -5.11. The summed E-state index contributed by atoms with van der Waals surface area (Å²) in [7, 11) is 0. The first-order valence-corrected chi connectivity index (χ1v) is 13.0. The van der Waals surface area contributed by atoms with Crippen LogP contribution in [0.2, 0.25) is 0 Å². The average molecular weight is 536 g/mol. The molecule has 0 saturated heterocycles. The zero-order chi connectivity index (χ0) is 28.2. The summed E-state index contributed by atoms with van der Waals surface area (Å²) >= 11 is 0. The number of anilines is 2. The Morgan fingerprint density at radius 3 is 2.23 bits per heavy atom. The van der Waals surface area contributed by atoms with Crippen LogP contribution in [0.5, 0.6) is 11.5 Å². The number of benzene rings is 4. The fourth-order valence-corrected chi connectivity index (χ4v) is 4.81. The summed E-state index contributed by atoms with van der Waals surface area (Å²) in [5, 5.41) is 15.3. The second kappa shape index (κ2) is 11.3. The van der Waals surface area contributed by atoms with E-state index >= 15 is 0 Å². The summed E-state index contributed by atoms with van der Waals surface area (Å²) < 4.78 is 5.91. The smallest absolute Gasteiger partial charge is 0.326 e. The molecule has 1 atom stereocenters. The molecule has 3 amide bonds. The fraction of sp³-hybridized carbons (Fsp3) is 0.156. The van der Waals surface area contributed by atoms with Gasteiger partial charge in [0.1, 0.15) is 11.8 Å². The number of amides is 3. The summed E-state index contributed by atoms with van der Waals surface area (Å²) in [6.07, 6.45) is 0. The number of urea groups is 1. The Morgan fingerprint density at radius 2 is 1.52 bits per heavy atom. The van der Waals surface area contributed by atoms with Crippen molar-refractivity contribution in [3.8, 4) is 22.6 Å². The zero-order valence-corrected chi connectivity index (χ0v) is 22.1. The van der Waals surface area contributed by atoms with Gasteiger partial charge in [0.2, 0.25) is 0 Å². The molecule has 3 N–H and O–H groups in total. The van der Waals surface area contributed by atoms with E-state index in [0.717, 1.165) is 16.7 Å². The summed E-state index contributed by atoms with van der Waals surface area (Å²) in [4.78, 5) is 39.0. The molecule has 4 aromatic carbocycles. The van der Waals surface area contributed by atoms with Gasteiger partial charge in [-0.05, 0) is 65.1 Å². The van der Waals surface area contributed by atoms with Gasteiger partial charge in [-0.15, -0.1) is 0 Å². The van der Waals surface area contributed by atoms with Crippen molar-refractivity contribution in [2.45, 2.75) is 26.4 Å². The van der Waals surface area contributed by atoms with Gasteiger partial charge in [0.15, 0.2) is 5.75 Å². The van der Waals surface area contributed by atoms with Crippen molar-refractivity contribution in [3.05, 3.63) is 108 Å². The molecule has 0 spiro atoms. The summed E-state index contributed by atoms with van der Waals surface area (Å²) in [5.41, 5.74) is 4.13. The van der Waals surface area contributed by atoms with Crippen molar-refractivity contribution in [1.82, 2.24) is 4.90 Å². The van der Waals surface area contributed by atoms with Crippen LogP contribution in [0, 0.1) is 5.92 Å². The highest BCUT2D eigenvalue weighted by molar-refractivity contribution is 6.02. The molecule has 0 radical (unpaired) electrons. The van der Waals surface area contributed by atoms with Crippen LogP contribution in [0.1, 0.15) is 29.8 Å². The normalized spacial score (nSPS) is 13.1. The SMILES string of the molecule is CC(C)[C@@H](C(=O)O)N1Cc2ccc(-c3ccc(NC(=O)Nc4ccccc4Oc4ccccc4)cc3)cc2C1=O. The minimum atomic E-state index is -1.00. The third-order valence-corrected chi connectivity index (χ3v) is 6.74. The Kier molecular flexibility index (Phi) is 7.50. The molecule has 1 aliphatic heterocycles. The number of fused-ring (bicyclic) bond motifs is 1. The second-order valence-corrected chi connectivity index (χ2v) is 9.90. The number of para-hydroxylation sites is 3. The highest BCUT2D eigenvalue weighted by Crippen LogP contribution is 2.32. The number of nitrogens with one attached hydrogen (secondary N) is 2. The second-order valence-electron chi connectivity index (χ2n) is 9.90. The predicted molar refractivity (Wildman–Crippen MR) is 154 cm³/mol. The van der Waals surface area contributed by atoms with Crippen LogP contribution in [0.3, 0.4) is 0 Å². The largest absolute Gasteiger partial charge is 0.480 e. The van der Waals surface area contributed by atoms with E-state index in [1.807, 2.05) is 66.7 Å². The highest BCUT2D eigenvalue weighted by atomic mass is 16.5. The molecule has 0 aromatic heterocycles. The quantitative estimate of drug-likeness (QED) is 0.229. The zero-order valence-electron chi connectivity index (χ0n) is 22.1. The van der Waals surface area contributed by atoms with E-state index in [1.54, 1.807) is 44.2 Å². The molecule has 40 heavy (non-hydrogen) atoms. The van der Waals surface area contributed by atoms with Crippen molar-refractivity contribution in [2.75, 3.05) is 10.6 Å². The van der Waals surface area contributed by atoms with Gasteiger partial charge >= 0.3 is 12.0 Å². The third kappa shape index (κ3) is 5.66. The number of hydrogen-bond donors (Lipinski definition) is 3.